The number of nitrogens with zero attached hydrogens (tertiary/aromatic N) is 1. The molecule has 2 heterocycles. The first kappa shape index (κ1) is 59.3. The van der Waals surface area contributed by atoms with E-state index in [0.29, 0.717) is 42.7 Å². The Kier molecular flexibility index (Phi) is 23.9. The van der Waals surface area contributed by atoms with Crippen LogP contribution in [0.25, 0.3) is 0 Å². The Labute approximate surface area is 419 Å². The second-order valence-electron chi connectivity index (χ2n) is 20.7. The second kappa shape index (κ2) is 28.3. The monoisotopic (exact) mass is 1000 g/mol. The number of aliphatic hydroxyl groups excluding tert-OH is 1. The van der Waals surface area contributed by atoms with E-state index in [0.717, 1.165) is 30.8 Å². The van der Waals surface area contributed by atoms with Crippen molar-refractivity contribution in [1.82, 2.24) is 9.62 Å². The lowest BCUT2D eigenvalue weighted by Crippen LogP contribution is -2.59. The van der Waals surface area contributed by atoms with E-state index in [-0.39, 0.29) is 54.9 Å². The normalized spacial score (nSPS) is 38.2. The van der Waals surface area contributed by atoms with Crippen LogP contribution >= 0.6 is 0 Å². The fraction of sp³-hybridized carbons (Fsp3) is 0.755. The molecule has 2 saturated carbocycles. The van der Waals surface area contributed by atoms with E-state index < -0.39 is 89.0 Å². The summed E-state index contributed by atoms with van der Waals surface area (Å²) in [4.78, 5) is 70.7. The van der Waals surface area contributed by atoms with Crippen LogP contribution in [0.3, 0.4) is 0 Å². The number of fused-ring (bicyclic) bond motifs is 2. The Morgan fingerprint density at radius 2 is 1.60 bits per heavy atom. The lowest BCUT2D eigenvalue weighted by molar-refractivity contribution is -0.263. The van der Waals surface area contributed by atoms with E-state index in [1.54, 1.807) is 72.1 Å². The Morgan fingerprint density at radius 3 is 2.26 bits per heavy atom. The van der Waals surface area contributed by atoms with Crippen LogP contribution in [0, 0.1) is 35.5 Å². The van der Waals surface area contributed by atoms with Crippen molar-refractivity contribution < 1.29 is 66.6 Å². The van der Waals surface area contributed by atoms with Gasteiger partial charge in [-0.25, -0.2) is 9.52 Å². The minimum absolute atomic E-state index is 0.0254. The average Bonchev–Trinajstić information content (AvgIpc) is 3.86. The van der Waals surface area contributed by atoms with Gasteiger partial charge in [0.1, 0.15) is 30.1 Å². The van der Waals surface area contributed by atoms with Gasteiger partial charge in [0.15, 0.2) is 5.78 Å². The largest absolute Gasteiger partial charge is 0.760 e. The fourth-order valence-corrected chi connectivity index (χ4v) is 10.9. The number of aliphatic hydroxyl groups is 2. The van der Waals surface area contributed by atoms with Crippen molar-refractivity contribution in [2.24, 2.45) is 35.5 Å². The number of hydrogen-bond acceptors (Lipinski definition) is 14. The van der Waals surface area contributed by atoms with Gasteiger partial charge in [0.2, 0.25) is 5.79 Å². The van der Waals surface area contributed by atoms with Crippen molar-refractivity contribution in [3.63, 3.8) is 0 Å². The second-order valence-corrected chi connectivity index (χ2v) is 21.4. The molecule has 4 aliphatic rings. The number of hydrogen-bond donors (Lipinski definition) is 3. The molecule has 70 heavy (non-hydrogen) atoms. The van der Waals surface area contributed by atoms with Gasteiger partial charge in [-0.05, 0) is 115 Å². The molecule has 3 fully saturated rings. The van der Waals surface area contributed by atoms with Crippen LogP contribution in [0.2, 0.25) is 0 Å². The summed E-state index contributed by atoms with van der Waals surface area (Å²) in [5.74, 6) is -8.15. The third-order valence-electron chi connectivity index (χ3n) is 15.4. The van der Waals surface area contributed by atoms with Crippen molar-refractivity contribution in [1.29, 1.82) is 0 Å². The number of likely N-dealkylation sites (N-methyl/N-ethyl adjacent to an activating group) is 1. The van der Waals surface area contributed by atoms with Crippen molar-refractivity contribution in [3.8, 4) is 0 Å². The Bertz CT molecular complexity index is 1910. The molecule has 396 valence electrons. The molecule has 2 aliphatic carbocycles. The van der Waals surface area contributed by atoms with E-state index in [1.807, 2.05) is 13.0 Å². The minimum atomic E-state index is -2.68. The highest BCUT2D eigenvalue weighted by Crippen LogP contribution is 2.38. The molecule has 4 rings (SSSR count). The van der Waals surface area contributed by atoms with Gasteiger partial charge in [-0.15, -0.1) is 0 Å². The minimum Gasteiger partial charge on any atom is -0.760 e. The molecule has 17 heteroatoms. The van der Waals surface area contributed by atoms with Gasteiger partial charge >= 0.3 is 5.97 Å². The molecule has 0 aromatic heterocycles. The first-order chi connectivity index (χ1) is 33.1. The van der Waals surface area contributed by atoms with Crippen LogP contribution in [-0.4, -0.2) is 135 Å². The maximum absolute atomic E-state index is 14.1. The quantitative estimate of drug-likeness (QED) is 0.0938. The molecule has 1 saturated heterocycles. The predicted octanol–water partition coefficient (Wildman–Crippen LogP) is 6.35. The third-order valence-corrected chi connectivity index (χ3v) is 15.9. The van der Waals surface area contributed by atoms with E-state index in [4.69, 9.17) is 23.7 Å². The molecule has 8 unspecified atom stereocenters. The number of methoxy groups -OCH3 is 2. The molecule has 2 aliphatic heterocycles. The average molecular weight is 1000 g/mol. The third kappa shape index (κ3) is 16.6. The molecule has 0 spiro atoms. The zero-order valence-corrected chi connectivity index (χ0v) is 44.1. The van der Waals surface area contributed by atoms with Gasteiger partial charge in [-0.1, -0.05) is 82.6 Å². The molecule has 15 atom stereocenters. The highest BCUT2D eigenvalue weighted by molar-refractivity contribution is 7.77. The standard InChI is InChI=1S/C53H84N2O14S/c1-32-18-14-12-11-13-15-19-33(2)47(57)49(66-10)48(58)36(5)26-34(3)43(56)30-45(35(4)27-40-23-25-44(46(28-40)65-9)67-31-39-20-16-17-21-39)68-52(61)38(7)55(8)51(60)50(59)53(62)37(6)22-24-41(69-53)29-42(32)54-70(63)64/h11-14,18,26,33-35,37-42,44-46,48-49,54,58,62H,15-17,19-25,27-31H2,1-10H3,(H,63,64)/p-1/b13-11+,14-12+,32-18+,36-26+/t33?,34?,35-,37+,38?,40+,41-,42?,44-,45?,46-,48?,49?,53+/m1/s1. The number of carbonyl (C=O) groups excluding carboxylic acids is 5. The summed E-state index contributed by atoms with van der Waals surface area (Å²) in [5, 5.41) is 23.2. The number of ketones is 3. The molecular weight excluding hydrogens is 921 g/mol. The summed E-state index contributed by atoms with van der Waals surface area (Å²) >= 11 is -2.68. The van der Waals surface area contributed by atoms with Gasteiger partial charge in [-0.2, -0.15) is 0 Å². The summed E-state index contributed by atoms with van der Waals surface area (Å²) in [7, 11) is 4.30. The lowest BCUT2D eigenvalue weighted by atomic mass is 9.78. The summed E-state index contributed by atoms with van der Waals surface area (Å²) < 4.78 is 56.3. The Morgan fingerprint density at radius 1 is 0.900 bits per heavy atom. The van der Waals surface area contributed by atoms with Crippen molar-refractivity contribution in [2.75, 3.05) is 27.9 Å². The fourth-order valence-electron chi connectivity index (χ4n) is 10.4. The van der Waals surface area contributed by atoms with Crippen LogP contribution in [0.1, 0.15) is 138 Å². The molecule has 0 aromatic carbocycles. The number of esters is 1. The molecule has 2 bridgehead atoms. The van der Waals surface area contributed by atoms with Crippen LogP contribution < -0.4 is 4.72 Å². The first-order valence-corrected chi connectivity index (χ1v) is 26.6. The van der Waals surface area contributed by atoms with Crippen molar-refractivity contribution in [3.05, 3.63) is 47.6 Å². The highest BCUT2D eigenvalue weighted by Gasteiger charge is 2.52. The summed E-state index contributed by atoms with van der Waals surface area (Å²) in [6.07, 6.45) is 15.3. The Hall–Kier alpha value is -3.26. The van der Waals surface area contributed by atoms with Crippen LogP contribution in [0.15, 0.2) is 47.6 Å². The van der Waals surface area contributed by atoms with Crippen LogP contribution in [0.5, 0.6) is 0 Å². The van der Waals surface area contributed by atoms with Crippen molar-refractivity contribution in [2.45, 2.75) is 193 Å². The number of cyclic esters (lactones) is 1. The molecule has 16 nitrogen and oxygen atoms in total. The van der Waals surface area contributed by atoms with Gasteiger partial charge in [-0.3, -0.25) is 23.4 Å². The number of carbonyl (C=O) groups is 5. The molecule has 0 aromatic rings. The topological polar surface area (TPSA) is 227 Å². The van der Waals surface area contributed by atoms with Gasteiger partial charge in [0, 0.05) is 69.4 Å². The van der Waals surface area contributed by atoms with Crippen LogP contribution in [0.4, 0.5) is 0 Å². The lowest BCUT2D eigenvalue weighted by Gasteiger charge is -2.42. The molecular formula is C53H83N2O14S-. The Balaban J connectivity index is 1.63. The smallest absolute Gasteiger partial charge is 0.328 e. The van der Waals surface area contributed by atoms with E-state index in [2.05, 4.69) is 4.72 Å². The maximum Gasteiger partial charge on any atom is 0.328 e. The van der Waals surface area contributed by atoms with E-state index in [9.17, 15) is 42.9 Å². The molecule has 0 radical (unpaired) electrons. The van der Waals surface area contributed by atoms with Crippen molar-refractivity contribution >= 4 is 40.5 Å². The molecule has 1 amide bonds. The predicted molar refractivity (Wildman–Crippen MR) is 264 cm³/mol. The molecule has 3 N–H and O–H groups in total. The van der Waals surface area contributed by atoms with Gasteiger partial charge in [0.05, 0.1) is 18.3 Å². The zero-order chi connectivity index (χ0) is 51.9. The zero-order valence-electron chi connectivity index (χ0n) is 43.3. The number of Topliss-reactive ketones (excluding diaryl/α,β-unsaturated/α-hetero) is 3. The van der Waals surface area contributed by atoms with E-state index >= 15 is 0 Å². The first-order valence-electron chi connectivity index (χ1n) is 25.5. The van der Waals surface area contributed by atoms with Crippen LogP contribution in [-0.2, 0) is 58.9 Å². The summed E-state index contributed by atoms with van der Waals surface area (Å²) in [6, 6.07) is -2.12. The van der Waals surface area contributed by atoms with E-state index in [1.165, 1.54) is 46.8 Å². The SMILES string of the molecule is COC1C(=O)C(C)CC/C=C/C=C/C=C(\C)C(NS(=O)[O-])C[C@H]2CC[C@H](C)[C@](O)(O2)C(=O)C(=O)N(C)C(C)C(=O)OC([C@H](C)C[C@@H]2CC[C@@H](OCC3CCCC3)[C@H](OC)C2)CC(=O)C(C)/C=C(\C)C1O. The number of ether oxygens (including phenoxy) is 5. The summed E-state index contributed by atoms with van der Waals surface area (Å²) in [5.41, 5.74) is 0.978. The van der Waals surface area contributed by atoms with Gasteiger partial charge < -0.3 is 43.4 Å². The maximum atomic E-state index is 14.1. The summed E-state index contributed by atoms with van der Waals surface area (Å²) in [6.45, 7) is 12.4. The number of rotatable bonds is 10. The van der Waals surface area contributed by atoms with Gasteiger partial charge in [0.25, 0.3) is 11.7 Å². The highest BCUT2D eigenvalue weighted by atomic mass is 32.2. The number of allylic oxidation sites excluding steroid dienone is 6. The number of nitrogens with one attached hydrogen (secondary N) is 1. The number of amides is 1.